The molecule has 3 nitrogen and oxygen atoms in total. The fourth-order valence-corrected chi connectivity index (χ4v) is 3.85. The molecular weight excluding hydrogens is 400 g/mol. The average Bonchev–Trinajstić information content (AvgIpc) is 2.75. The van der Waals surface area contributed by atoms with Gasteiger partial charge in [0, 0.05) is 18.0 Å². The Labute approximate surface area is 184 Å². The molecule has 0 saturated carbocycles. The molecule has 3 aromatic rings. The Bertz CT molecular complexity index is 896. The van der Waals surface area contributed by atoms with Crippen molar-refractivity contribution >= 4 is 28.3 Å². The van der Waals surface area contributed by atoms with Gasteiger partial charge in [0.15, 0.2) is 5.17 Å². The van der Waals surface area contributed by atoms with Crippen LogP contribution >= 0.6 is 11.8 Å². The van der Waals surface area contributed by atoms with Crippen molar-refractivity contribution in [2.24, 2.45) is 4.99 Å². The number of anilines is 1. The van der Waals surface area contributed by atoms with Gasteiger partial charge in [0.1, 0.15) is 5.75 Å². The molecule has 5 heteroatoms. The van der Waals surface area contributed by atoms with E-state index in [1.807, 2.05) is 30.3 Å². The molecule has 0 radical (unpaired) electrons. The van der Waals surface area contributed by atoms with Gasteiger partial charge in [-0.1, -0.05) is 59.8 Å². The molecule has 0 aliphatic heterocycles. The maximum Gasteiger partial charge on any atom is 0.169 e. The third-order valence-corrected chi connectivity index (χ3v) is 5.45. The lowest BCUT2D eigenvalue weighted by Crippen LogP contribution is -3.00. The summed E-state index contributed by atoms with van der Waals surface area (Å²) in [7, 11) is 1.68. The first kappa shape index (κ1) is 22.9. The van der Waals surface area contributed by atoms with E-state index in [-0.39, 0.29) is 12.4 Å². The van der Waals surface area contributed by atoms with Crippen LogP contribution in [0.25, 0.3) is 0 Å². The summed E-state index contributed by atoms with van der Waals surface area (Å²) in [5.74, 6) is 1.71. The highest BCUT2D eigenvalue weighted by Crippen LogP contribution is 2.26. The molecule has 0 aromatic heterocycles. The van der Waals surface area contributed by atoms with Crippen molar-refractivity contribution in [2.75, 3.05) is 18.6 Å². The van der Waals surface area contributed by atoms with E-state index in [4.69, 9.17) is 9.73 Å². The van der Waals surface area contributed by atoms with Gasteiger partial charge in [-0.2, -0.15) is 0 Å². The number of para-hydroxylation sites is 1. The summed E-state index contributed by atoms with van der Waals surface area (Å²) in [6, 6.07) is 27.0. The van der Waals surface area contributed by atoms with Crippen molar-refractivity contribution in [3.05, 3.63) is 90.0 Å². The maximum atomic E-state index is 5.26. The maximum absolute atomic E-state index is 5.26. The molecule has 0 N–H and O–H groups in total. The fraction of sp³-hybridized carbons (Fsp3) is 0.208. The number of hydrogen-bond acceptors (Lipinski definition) is 3. The summed E-state index contributed by atoms with van der Waals surface area (Å²) in [6.45, 7) is 5.12. The van der Waals surface area contributed by atoms with Crippen LogP contribution in [0.5, 0.6) is 5.75 Å². The molecular formula is C24H26ClN2OS-. The van der Waals surface area contributed by atoms with Crippen LogP contribution in [0.15, 0.2) is 83.9 Å². The van der Waals surface area contributed by atoms with Gasteiger partial charge < -0.3 is 22.0 Å². The minimum Gasteiger partial charge on any atom is -1.00 e. The minimum atomic E-state index is 0. The molecule has 0 atom stereocenters. The highest BCUT2D eigenvalue weighted by atomic mass is 35.5. The predicted octanol–water partition coefficient (Wildman–Crippen LogP) is 3.46. The lowest BCUT2D eigenvalue weighted by atomic mass is 10.2. The highest BCUT2D eigenvalue weighted by Gasteiger charge is 2.13. The number of hydrogen-bond donors (Lipinski definition) is 0. The Morgan fingerprint density at radius 2 is 1.59 bits per heavy atom. The minimum absolute atomic E-state index is 0. The van der Waals surface area contributed by atoms with E-state index in [0.717, 1.165) is 34.6 Å². The van der Waals surface area contributed by atoms with Gasteiger partial charge in [-0.25, -0.2) is 4.99 Å². The van der Waals surface area contributed by atoms with Crippen LogP contribution in [0, 0.1) is 6.92 Å². The molecule has 0 heterocycles. The largest absolute Gasteiger partial charge is 1.00 e. The lowest BCUT2D eigenvalue weighted by molar-refractivity contribution is -0.00000600. The molecule has 3 aromatic carbocycles. The number of nitrogens with zero attached hydrogens (tertiary/aromatic N) is 2. The van der Waals surface area contributed by atoms with Crippen LogP contribution in [-0.2, 0) is 5.75 Å². The Morgan fingerprint density at radius 3 is 2.17 bits per heavy atom. The third kappa shape index (κ3) is 6.55. The number of aliphatic imine (C=N–C) groups is 1. The number of aryl methyl sites for hydroxylation is 1. The van der Waals surface area contributed by atoms with Crippen molar-refractivity contribution in [2.45, 2.75) is 19.6 Å². The summed E-state index contributed by atoms with van der Waals surface area (Å²) in [4.78, 5) is 7.22. The second-order valence-corrected chi connectivity index (χ2v) is 7.39. The molecule has 0 spiro atoms. The monoisotopic (exact) mass is 425 g/mol. The van der Waals surface area contributed by atoms with E-state index in [9.17, 15) is 0 Å². The van der Waals surface area contributed by atoms with Gasteiger partial charge in [-0.3, -0.25) is 0 Å². The predicted molar refractivity (Wildman–Crippen MR) is 122 cm³/mol. The first-order chi connectivity index (χ1) is 13.7. The molecule has 0 bridgehead atoms. The van der Waals surface area contributed by atoms with E-state index >= 15 is 0 Å². The molecule has 0 aliphatic rings. The Kier molecular flexibility index (Phi) is 9.10. The summed E-state index contributed by atoms with van der Waals surface area (Å²) in [5, 5.41) is 0.986. The zero-order valence-corrected chi connectivity index (χ0v) is 18.6. The second kappa shape index (κ2) is 11.5. The van der Waals surface area contributed by atoms with Crippen molar-refractivity contribution in [3.8, 4) is 5.75 Å². The van der Waals surface area contributed by atoms with Gasteiger partial charge in [0.05, 0.1) is 12.8 Å². The number of rotatable bonds is 6. The van der Waals surface area contributed by atoms with E-state index < -0.39 is 0 Å². The van der Waals surface area contributed by atoms with Gasteiger partial charge in [0.25, 0.3) is 0 Å². The van der Waals surface area contributed by atoms with Crippen LogP contribution in [0.3, 0.4) is 0 Å². The quantitative estimate of drug-likeness (QED) is 0.446. The molecule has 0 saturated heterocycles. The SMILES string of the molecule is CCN(C(=Nc1ccc(OC)cc1)SCc1ccc(C)cc1)c1ccccc1.[Cl-]. The third-order valence-electron chi connectivity index (χ3n) is 4.40. The standard InChI is InChI=1S/C24H26N2OS.ClH/c1-4-26(22-8-6-5-7-9-22)24(25-21-14-16-23(27-3)17-15-21)28-18-20-12-10-19(2)11-13-20;/h5-17H,4,18H2,1-3H3;1H/p-1. The van der Waals surface area contributed by atoms with Crippen molar-refractivity contribution in [3.63, 3.8) is 0 Å². The zero-order valence-electron chi connectivity index (χ0n) is 17.0. The highest BCUT2D eigenvalue weighted by molar-refractivity contribution is 8.13. The molecule has 3 rings (SSSR count). The molecule has 0 unspecified atom stereocenters. The number of amidine groups is 1. The summed E-state index contributed by atoms with van der Waals surface area (Å²) >= 11 is 1.76. The molecule has 152 valence electrons. The van der Waals surface area contributed by atoms with Gasteiger partial charge in [-0.15, -0.1) is 0 Å². The molecule has 0 amide bonds. The van der Waals surface area contributed by atoms with Gasteiger partial charge >= 0.3 is 0 Å². The number of benzene rings is 3. The van der Waals surface area contributed by atoms with E-state index in [1.165, 1.54) is 11.1 Å². The first-order valence-electron chi connectivity index (χ1n) is 9.43. The number of ether oxygens (including phenoxy) is 1. The van der Waals surface area contributed by atoms with E-state index in [0.29, 0.717) is 0 Å². The Morgan fingerprint density at radius 1 is 0.931 bits per heavy atom. The van der Waals surface area contributed by atoms with Crippen molar-refractivity contribution in [1.82, 2.24) is 0 Å². The first-order valence-corrected chi connectivity index (χ1v) is 10.4. The molecule has 0 fully saturated rings. The van der Waals surface area contributed by atoms with Crippen molar-refractivity contribution < 1.29 is 17.1 Å². The normalized spacial score (nSPS) is 10.9. The fourth-order valence-electron chi connectivity index (χ4n) is 2.81. The molecule has 0 aliphatic carbocycles. The van der Waals surface area contributed by atoms with Crippen LogP contribution in [0.1, 0.15) is 18.1 Å². The lowest BCUT2D eigenvalue weighted by Gasteiger charge is -2.24. The average molecular weight is 426 g/mol. The zero-order chi connectivity index (χ0) is 19.8. The van der Waals surface area contributed by atoms with Gasteiger partial charge in [0.2, 0.25) is 0 Å². The summed E-state index contributed by atoms with van der Waals surface area (Å²) < 4.78 is 5.26. The topological polar surface area (TPSA) is 24.8 Å². The van der Waals surface area contributed by atoms with Crippen molar-refractivity contribution in [1.29, 1.82) is 0 Å². The summed E-state index contributed by atoms with van der Waals surface area (Å²) in [5.41, 5.74) is 4.64. The summed E-state index contributed by atoms with van der Waals surface area (Å²) in [6.07, 6.45) is 0. The van der Waals surface area contributed by atoms with Gasteiger partial charge in [-0.05, 0) is 55.8 Å². The van der Waals surface area contributed by atoms with E-state index in [1.54, 1.807) is 18.9 Å². The molecule has 29 heavy (non-hydrogen) atoms. The smallest absolute Gasteiger partial charge is 0.169 e. The Hall–Kier alpha value is -2.43. The number of thioether (sulfide) groups is 1. The Balaban J connectivity index is 0.00000300. The number of methoxy groups -OCH3 is 1. The van der Waals surface area contributed by atoms with Crippen LogP contribution < -0.4 is 22.0 Å². The number of halogens is 1. The van der Waals surface area contributed by atoms with E-state index in [2.05, 4.69) is 67.3 Å². The van der Waals surface area contributed by atoms with Crippen LogP contribution in [0.2, 0.25) is 0 Å². The second-order valence-electron chi connectivity index (χ2n) is 6.45. The van der Waals surface area contributed by atoms with Crippen LogP contribution in [0.4, 0.5) is 11.4 Å². The van der Waals surface area contributed by atoms with Crippen LogP contribution in [-0.4, -0.2) is 18.8 Å².